The van der Waals surface area contributed by atoms with Crippen molar-refractivity contribution in [3.63, 3.8) is 0 Å². The van der Waals surface area contributed by atoms with Crippen LogP contribution in [-0.4, -0.2) is 37.5 Å². The SMILES string of the molecule is CCCCn1nc([C@H]2CCOC2)nc1CCn1cnc2ccccc2c1=O. The molecule has 1 saturated heterocycles. The van der Waals surface area contributed by atoms with Gasteiger partial charge in [-0.3, -0.25) is 9.36 Å². The molecule has 0 radical (unpaired) electrons. The van der Waals surface area contributed by atoms with Crippen molar-refractivity contribution in [2.24, 2.45) is 0 Å². The van der Waals surface area contributed by atoms with Crippen LogP contribution in [0.1, 0.15) is 43.8 Å². The standard InChI is InChI=1S/C20H25N5O2/c1-2-3-10-25-18(22-19(23-25)15-9-12-27-13-15)8-11-24-14-21-17-7-5-4-6-16(17)20(24)26/h4-7,14-15H,2-3,8-13H2,1H3/t15-/m0/s1. The maximum absolute atomic E-state index is 12.7. The summed E-state index contributed by atoms with van der Waals surface area (Å²) in [5.41, 5.74) is 0.720. The summed E-state index contributed by atoms with van der Waals surface area (Å²) in [7, 11) is 0. The molecule has 27 heavy (non-hydrogen) atoms. The van der Waals surface area contributed by atoms with E-state index in [4.69, 9.17) is 14.8 Å². The van der Waals surface area contributed by atoms with Crippen molar-refractivity contribution in [3.8, 4) is 0 Å². The highest BCUT2D eigenvalue weighted by Crippen LogP contribution is 2.23. The molecule has 0 aliphatic carbocycles. The molecule has 1 atom stereocenters. The summed E-state index contributed by atoms with van der Waals surface area (Å²) in [4.78, 5) is 21.9. The van der Waals surface area contributed by atoms with E-state index in [2.05, 4.69) is 11.9 Å². The summed E-state index contributed by atoms with van der Waals surface area (Å²) in [6.07, 6.45) is 5.43. The Kier molecular flexibility index (Phi) is 5.29. The molecule has 3 aromatic rings. The first-order valence-corrected chi connectivity index (χ1v) is 9.72. The van der Waals surface area contributed by atoms with Gasteiger partial charge in [0.05, 0.1) is 23.8 Å². The zero-order chi connectivity index (χ0) is 18.6. The number of unbranched alkanes of at least 4 members (excludes halogenated alkanes) is 1. The van der Waals surface area contributed by atoms with Crippen LogP contribution in [0, 0.1) is 0 Å². The molecule has 1 aliphatic rings. The van der Waals surface area contributed by atoms with Crippen LogP contribution in [0.25, 0.3) is 10.9 Å². The summed E-state index contributed by atoms with van der Waals surface area (Å²) < 4.78 is 9.16. The van der Waals surface area contributed by atoms with Gasteiger partial charge in [0.15, 0.2) is 5.82 Å². The van der Waals surface area contributed by atoms with E-state index < -0.39 is 0 Å². The summed E-state index contributed by atoms with van der Waals surface area (Å²) in [6.45, 7) is 5.05. The third-order valence-electron chi connectivity index (χ3n) is 5.09. The zero-order valence-corrected chi connectivity index (χ0v) is 15.7. The number of ether oxygens (including phenoxy) is 1. The Morgan fingerprint density at radius 1 is 1.26 bits per heavy atom. The fourth-order valence-corrected chi connectivity index (χ4v) is 3.46. The van der Waals surface area contributed by atoms with Crippen LogP contribution in [0.4, 0.5) is 0 Å². The summed E-state index contributed by atoms with van der Waals surface area (Å²) in [5.74, 6) is 2.10. The minimum Gasteiger partial charge on any atom is -0.381 e. The highest BCUT2D eigenvalue weighted by Gasteiger charge is 2.23. The van der Waals surface area contributed by atoms with Crippen molar-refractivity contribution in [3.05, 3.63) is 52.6 Å². The van der Waals surface area contributed by atoms with Crippen LogP contribution in [0.3, 0.4) is 0 Å². The maximum Gasteiger partial charge on any atom is 0.261 e. The Hall–Kier alpha value is -2.54. The Balaban J connectivity index is 1.56. The number of rotatable bonds is 7. The predicted molar refractivity (Wildman–Crippen MR) is 103 cm³/mol. The number of hydrogen-bond donors (Lipinski definition) is 0. The monoisotopic (exact) mass is 367 g/mol. The number of aromatic nitrogens is 5. The van der Waals surface area contributed by atoms with Crippen LogP contribution in [0.15, 0.2) is 35.4 Å². The molecule has 1 aliphatic heterocycles. The average Bonchev–Trinajstić information content (AvgIpc) is 3.36. The predicted octanol–water partition coefficient (Wildman–Crippen LogP) is 2.53. The average molecular weight is 367 g/mol. The molecule has 2 aromatic heterocycles. The lowest BCUT2D eigenvalue weighted by Gasteiger charge is -2.08. The van der Waals surface area contributed by atoms with Gasteiger partial charge >= 0.3 is 0 Å². The normalized spacial score (nSPS) is 17.0. The van der Waals surface area contributed by atoms with E-state index in [-0.39, 0.29) is 11.5 Å². The van der Waals surface area contributed by atoms with Gasteiger partial charge in [-0.05, 0) is 25.0 Å². The lowest BCUT2D eigenvalue weighted by molar-refractivity contribution is 0.193. The molecule has 7 heteroatoms. The number of hydrogen-bond acceptors (Lipinski definition) is 5. The first-order chi connectivity index (χ1) is 13.3. The molecule has 0 amide bonds. The van der Waals surface area contributed by atoms with E-state index in [1.165, 1.54) is 0 Å². The van der Waals surface area contributed by atoms with Crippen molar-refractivity contribution in [2.45, 2.75) is 51.6 Å². The molecule has 3 heterocycles. The second-order valence-electron chi connectivity index (χ2n) is 7.03. The molecule has 1 aromatic carbocycles. The Labute approximate surface area is 158 Å². The van der Waals surface area contributed by atoms with Crippen molar-refractivity contribution in [1.29, 1.82) is 0 Å². The number of para-hydroxylation sites is 1. The molecule has 0 unspecified atom stereocenters. The smallest absolute Gasteiger partial charge is 0.261 e. The third-order valence-corrected chi connectivity index (χ3v) is 5.09. The van der Waals surface area contributed by atoms with E-state index in [9.17, 15) is 4.79 Å². The molecule has 4 rings (SSSR count). The van der Waals surface area contributed by atoms with Crippen LogP contribution >= 0.6 is 0 Å². The van der Waals surface area contributed by atoms with E-state index in [1.807, 2.05) is 28.9 Å². The molecular weight excluding hydrogens is 342 g/mol. The highest BCUT2D eigenvalue weighted by atomic mass is 16.5. The van der Waals surface area contributed by atoms with Gasteiger partial charge in [0, 0.05) is 32.0 Å². The number of benzene rings is 1. The minimum absolute atomic E-state index is 0.00959. The molecule has 7 nitrogen and oxygen atoms in total. The van der Waals surface area contributed by atoms with Gasteiger partial charge < -0.3 is 4.74 Å². The first kappa shape index (κ1) is 17.9. The zero-order valence-electron chi connectivity index (χ0n) is 15.7. The van der Waals surface area contributed by atoms with E-state index in [1.54, 1.807) is 10.9 Å². The lowest BCUT2D eigenvalue weighted by atomic mass is 10.1. The fourth-order valence-electron chi connectivity index (χ4n) is 3.46. The number of fused-ring (bicyclic) bond motifs is 1. The van der Waals surface area contributed by atoms with E-state index in [0.717, 1.165) is 49.6 Å². The first-order valence-electron chi connectivity index (χ1n) is 9.72. The number of aryl methyl sites for hydroxylation is 3. The van der Waals surface area contributed by atoms with Crippen molar-refractivity contribution >= 4 is 10.9 Å². The fraction of sp³-hybridized carbons (Fsp3) is 0.500. The molecular formula is C20H25N5O2. The molecule has 0 N–H and O–H groups in total. The van der Waals surface area contributed by atoms with Crippen LogP contribution in [-0.2, 0) is 24.2 Å². The molecule has 0 spiro atoms. The molecule has 0 bridgehead atoms. The van der Waals surface area contributed by atoms with Crippen LogP contribution in [0.2, 0.25) is 0 Å². The Morgan fingerprint density at radius 3 is 2.96 bits per heavy atom. The largest absolute Gasteiger partial charge is 0.381 e. The summed E-state index contributed by atoms with van der Waals surface area (Å²) >= 11 is 0. The van der Waals surface area contributed by atoms with Gasteiger partial charge in [0.2, 0.25) is 0 Å². The van der Waals surface area contributed by atoms with Gasteiger partial charge in [0.1, 0.15) is 5.82 Å². The topological polar surface area (TPSA) is 74.8 Å². The summed E-state index contributed by atoms with van der Waals surface area (Å²) in [5, 5.41) is 5.39. The Bertz CT molecular complexity index is 972. The molecule has 142 valence electrons. The molecule has 1 fully saturated rings. The second-order valence-corrected chi connectivity index (χ2v) is 7.03. The Morgan fingerprint density at radius 2 is 2.15 bits per heavy atom. The van der Waals surface area contributed by atoms with Crippen LogP contribution < -0.4 is 5.56 Å². The third kappa shape index (κ3) is 3.78. The van der Waals surface area contributed by atoms with Crippen LogP contribution in [0.5, 0.6) is 0 Å². The molecule has 0 saturated carbocycles. The van der Waals surface area contributed by atoms with Crippen molar-refractivity contribution in [1.82, 2.24) is 24.3 Å². The van der Waals surface area contributed by atoms with Gasteiger partial charge in [0.25, 0.3) is 5.56 Å². The number of nitrogens with zero attached hydrogens (tertiary/aromatic N) is 5. The second kappa shape index (κ2) is 8.00. The van der Waals surface area contributed by atoms with Gasteiger partial charge in [-0.2, -0.15) is 5.10 Å². The quantitative estimate of drug-likeness (QED) is 0.641. The maximum atomic E-state index is 12.7. The lowest BCUT2D eigenvalue weighted by Crippen LogP contribution is -2.22. The van der Waals surface area contributed by atoms with Crippen molar-refractivity contribution in [2.75, 3.05) is 13.2 Å². The van der Waals surface area contributed by atoms with Gasteiger partial charge in [-0.25, -0.2) is 14.6 Å². The highest BCUT2D eigenvalue weighted by molar-refractivity contribution is 5.76. The van der Waals surface area contributed by atoms with E-state index >= 15 is 0 Å². The van der Waals surface area contributed by atoms with Crippen molar-refractivity contribution < 1.29 is 4.74 Å². The van der Waals surface area contributed by atoms with Gasteiger partial charge in [-0.1, -0.05) is 25.5 Å². The van der Waals surface area contributed by atoms with E-state index in [0.29, 0.717) is 25.0 Å². The van der Waals surface area contributed by atoms with Gasteiger partial charge in [-0.15, -0.1) is 0 Å². The summed E-state index contributed by atoms with van der Waals surface area (Å²) in [6, 6.07) is 7.44. The minimum atomic E-state index is -0.00959.